The van der Waals surface area contributed by atoms with E-state index in [1.165, 1.54) is 16.7 Å². The molecule has 4 aromatic rings. The SMILES string of the molecule is Cc1cc(Nc2nccc(-n3c(C)nc4ccccc43)n2)cc(C)c1C. The molecule has 0 saturated carbocycles. The highest BCUT2D eigenvalue weighted by Crippen LogP contribution is 2.23. The molecule has 0 spiro atoms. The van der Waals surface area contributed by atoms with Crippen LogP contribution in [0.2, 0.25) is 0 Å². The van der Waals surface area contributed by atoms with Crippen LogP contribution in [0.4, 0.5) is 11.6 Å². The third-order valence-electron chi connectivity index (χ3n) is 4.78. The van der Waals surface area contributed by atoms with Crippen molar-refractivity contribution in [1.29, 1.82) is 0 Å². The van der Waals surface area contributed by atoms with Crippen LogP contribution in [0.1, 0.15) is 22.5 Å². The fraction of sp³-hybridized carbons (Fsp3) is 0.190. The quantitative estimate of drug-likeness (QED) is 0.581. The van der Waals surface area contributed by atoms with E-state index in [1.807, 2.05) is 35.8 Å². The zero-order valence-corrected chi connectivity index (χ0v) is 15.4. The lowest BCUT2D eigenvalue weighted by Crippen LogP contribution is -2.04. The zero-order valence-electron chi connectivity index (χ0n) is 15.4. The van der Waals surface area contributed by atoms with Gasteiger partial charge in [0, 0.05) is 11.9 Å². The van der Waals surface area contributed by atoms with E-state index in [1.54, 1.807) is 6.20 Å². The van der Waals surface area contributed by atoms with Crippen LogP contribution in [0.3, 0.4) is 0 Å². The molecular formula is C21H21N5. The Hall–Kier alpha value is -3.21. The highest BCUT2D eigenvalue weighted by Gasteiger charge is 2.11. The van der Waals surface area contributed by atoms with Gasteiger partial charge in [0.05, 0.1) is 11.0 Å². The van der Waals surface area contributed by atoms with Crippen LogP contribution in [-0.4, -0.2) is 19.5 Å². The number of hydrogen-bond donors (Lipinski definition) is 1. The maximum absolute atomic E-state index is 4.70. The Morgan fingerprint density at radius 2 is 1.62 bits per heavy atom. The van der Waals surface area contributed by atoms with Crippen LogP contribution in [0, 0.1) is 27.7 Å². The van der Waals surface area contributed by atoms with Gasteiger partial charge in [-0.3, -0.25) is 4.57 Å². The number of nitrogens with one attached hydrogen (secondary N) is 1. The van der Waals surface area contributed by atoms with Crippen LogP contribution in [0.25, 0.3) is 16.9 Å². The lowest BCUT2D eigenvalue weighted by atomic mass is 10.0. The smallest absolute Gasteiger partial charge is 0.229 e. The molecule has 5 heteroatoms. The van der Waals surface area contributed by atoms with Crippen molar-refractivity contribution in [3.05, 3.63) is 71.2 Å². The third-order valence-corrected chi connectivity index (χ3v) is 4.78. The highest BCUT2D eigenvalue weighted by molar-refractivity contribution is 5.77. The minimum Gasteiger partial charge on any atom is -0.324 e. The van der Waals surface area contributed by atoms with Gasteiger partial charge in [-0.05, 0) is 74.7 Å². The number of imidazole rings is 1. The predicted molar refractivity (Wildman–Crippen MR) is 105 cm³/mol. The molecule has 0 bridgehead atoms. The van der Waals surface area contributed by atoms with Gasteiger partial charge in [-0.2, -0.15) is 4.98 Å². The second-order valence-electron chi connectivity index (χ2n) is 6.58. The summed E-state index contributed by atoms with van der Waals surface area (Å²) in [6.07, 6.45) is 1.77. The molecule has 0 amide bonds. The van der Waals surface area contributed by atoms with Crippen LogP contribution < -0.4 is 5.32 Å². The van der Waals surface area contributed by atoms with E-state index in [0.717, 1.165) is 28.4 Å². The van der Waals surface area contributed by atoms with Gasteiger partial charge in [0.25, 0.3) is 0 Å². The maximum atomic E-state index is 4.70. The topological polar surface area (TPSA) is 55.6 Å². The largest absolute Gasteiger partial charge is 0.324 e. The molecule has 0 aliphatic heterocycles. The first kappa shape index (κ1) is 16.3. The second-order valence-corrected chi connectivity index (χ2v) is 6.58. The van der Waals surface area contributed by atoms with Gasteiger partial charge < -0.3 is 5.32 Å². The molecule has 130 valence electrons. The van der Waals surface area contributed by atoms with Gasteiger partial charge in [0.15, 0.2) is 0 Å². The van der Waals surface area contributed by atoms with E-state index in [2.05, 4.69) is 54.3 Å². The Kier molecular flexibility index (Phi) is 3.92. The van der Waals surface area contributed by atoms with E-state index in [-0.39, 0.29) is 0 Å². The van der Waals surface area contributed by atoms with Crippen molar-refractivity contribution in [2.75, 3.05) is 5.32 Å². The first-order chi connectivity index (χ1) is 12.5. The monoisotopic (exact) mass is 343 g/mol. The minimum atomic E-state index is 0.572. The van der Waals surface area contributed by atoms with E-state index >= 15 is 0 Å². The Bertz CT molecular complexity index is 1090. The first-order valence-electron chi connectivity index (χ1n) is 8.65. The van der Waals surface area contributed by atoms with E-state index in [0.29, 0.717) is 5.95 Å². The average molecular weight is 343 g/mol. The number of rotatable bonds is 3. The molecule has 1 N–H and O–H groups in total. The van der Waals surface area contributed by atoms with Gasteiger partial charge in [-0.15, -0.1) is 0 Å². The Morgan fingerprint density at radius 3 is 2.38 bits per heavy atom. The van der Waals surface area contributed by atoms with E-state index in [4.69, 9.17) is 4.98 Å². The summed E-state index contributed by atoms with van der Waals surface area (Å²) >= 11 is 0. The molecule has 2 aromatic heterocycles. The molecule has 2 heterocycles. The molecule has 0 atom stereocenters. The Morgan fingerprint density at radius 1 is 0.885 bits per heavy atom. The number of fused-ring (bicyclic) bond motifs is 1. The zero-order chi connectivity index (χ0) is 18.3. The van der Waals surface area contributed by atoms with Crippen LogP contribution in [0.15, 0.2) is 48.7 Å². The summed E-state index contributed by atoms with van der Waals surface area (Å²) in [7, 11) is 0. The predicted octanol–water partition coefficient (Wildman–Crippen LogP) is 4.79. The van der Waals surface area contributed by atoms with Crippen molar-refractivity contribution < 1.29 is 0 Å². The van der Waals surface area contributed by atoms with E-state index < -0.39 is 0 Å². The fourth-order valence-electron chi connectivity index (χ4n) is 3.21. The Balaban J connectivity index is 1.74. The van der Waals surface area contributed by atoms with Gasteiger partial charge in [-0.1, -0.05) is 12.1 Å². The molecule has 26 heavy (non-hydrogen) atoms. The number of anilines is 2. The standard InChI is InChI=1S/C21H21N5/c1-13-11-17(12-14(2)15(13)3)24-21-22-10-9-20(25-21)26-16(4)23-18-7-5-6-8-19(18)26/h5-12H,1-4H3,(H,22,24,25). The average Bonchev–Trinajstić information content (AvgIpc) is 2.95. The summed E-state index contributed by atoms with van der Waals surface area (Å²) in [6, 6.07) is 14.2. The molecule has 0 saturated heterocycles. The summed E-state index contributed by atoms with van der Waals surface area (Å²) in [5.41, 5.74) is 6.81. The molecule has 0 aliphatic rings. The van der Waals surface area contributed by atoms with Gasteiger partial charge in [0.2, 0.25) is 5.95 Å². The van der Waals surface area contributed by atoms with Crippen molar-refractivity contribution in [3.63, 3.8) is 0 Å². The van der Waals surface area contributed by atoms with Crippen molar-refractivity contribution in [1.82, 2.24) is 19.5 Å². The fourth-order valence-corrected chi connectivity index (χ4v) is 3.21. The van der Waals surface area contributed by atoms with E-state index in [9.17, 15) is 0 Å². The van der Waals surface area contributed by atoms with Gasteiger partial charge in [-0.25, -0.2) is 9.97 Å². The van der Waals surface area contributed by atoms with Gasteiger partial charge >= 0.3 is 0 Å². The highest BCUT2D eigenvalue weighted by atomic mass is 15.2. The third kappa shape index (κ3) is 2.81. The number of aromatic nitrogens is 4. The lowest BCUT2D eigenvalue weighted by Gasteiger charge is -2.12. The first-order valence-corrected chi connectivity index (χ1v) is 8.65. The lowest BCUT2D eigenvalue weighted by molar-refractivity contribution is 0.945. The number of para-hydroxylation sites is 2. The Labute approximate surface area is 152 Å². The van der Waals surface area contributed by atoms with Crippen molar-refractivity contribution in [2.24, 2.45) is 0 Å². The molecule has 0 aliphatic carbocycles. The number of hydrogen-bond acceptors (Lipinski definition) is 4. The summed E-state index contributed by atoms with van der Waals surface area (Å²) < 4.78 is 2.05. The van der Waals surface area contributed by atoms with Crippen LogP contribution in [-0.2, 0) is 0 Å². The maximum Gasteiger partial charge on any atom is 0.229 e. The number of nitrogens with zero attached hydrogens (tertiary/aromatic N) is 4. The molecule has 0 fully saturated rings. The number of aryl methyl sites for hydroxylation is 3. The summed E-state index contributed by atoms with van der Waals surface area (Å²) in [5.74, 6) is 2.27. The summed E-state index contributed by atoms with van der Waals surface area (Å²) in [4.78, 5) is 13.7. The molecule has 5 nitrogen and oxygen atoms in total. The molecule has 0 radical (unpaired) electrons. The van der Waals surface area contributed by atoms with Crippen molar-refractivity contribution in [2.45, 2.75) is 27.7 Å². The molecule has 2 aromatic carbocycles. The van der Waals surface area contributed by atoms with Crippen LogP contribution >= 0.6 is 0 Å². The second kappa shape index (κ2) is 6.26. The molecule has 0 unspecified atom stereocenters. The normalized spacial score (nSPS) is 11.1. The molecule has 4 rings (SSSR count). The minimum absolute atomic E-state index is 0.572. The van der Waals surface area contributed by atoms with Gasteiger partial charge in [0.1, 0.15) is 11.6 Å². The van der Waals surface area contributed by atoms with Crippen molar-refractivity contribution in [3.8, 4) is 5.82 Å². The van der Waals surface area contributed by atoms with Crippen LogP contribution in [0.5, 0.6) is 0 Å². The molecular weight excluding hydrogens is 322 g/mol. The van der Waals surface area contributed by atoms with Crippen molar-refractivity contribution >= 4 is 22.7 Å². The summed E-state index contributed by atoms with van der Waals surface area (Å²) in [6.45, 7) is 8.36. The number of benzene rings is 2. The summed E-state index contributed by atoms with van der Waals surface area (Å²) in [5, 5.41) is 3.33.